The Balaban J connectivity index is 2.14. The van der Waals surface area contributed by atoms with Crippen LogP contribution in [0.5, 0.6) is 5.75 Å². The molecular formula is C20H15FN4O2. The maximum atomic E-state index is 13.4. The van der Waals surface area contributed by atoms with Crippen LogP contribution in [0.4, 0.5) is 4.39 Å². The summed E-state index contributed by atoms with van der Waals surface area (Å²) in [5.41, 5.74) is 9.20. The third-order valence-electron chi connectivity index (χ3n) is 4.40. The highest BCUT2D eigenvalue weighted by molar-refractivity contribution is 6.12. The summed E-state index contributed by atoms with van der Waals surface area (Å²) >= 11 is 0. The largest absolute Gasteiger partial charge is 0.508 e. The molecule has 0 saturated carbocycles. The van der Waals surface area contributed by atoms with Crippen LogP contribution in [0.25, 0.3) is 33.4 Å². The number of amides is 1. The lowest BCUT2D eigenvalue weighted by molar-refractivity contribution is 0.100. The van der Waals surface area contributed by atoms with Gasteiger partial charge in [-0.05, 0) is 48.9 Å². The van der Waals surface area contributed by atoms with E-state index in [1.54, 1.807) is 24.3 Å². The molecule has 1 amide bonds. The van der Waals surface area contributed by atoms with Crippen molar-refractivity contribution in [2.75, 3.05) is 0 Å². The minimum absolute atomic E-state index is 0.0924. The van der Waals surface area contributed by atoms with E-state index in [9.17, 15) is 14.3 Å². The number of nitrogens with zero attached hydrogens (tertiary/aromatic N) is 2. The van der Waals surface area contributed by atoms with Crippen LogP contribution in [0, 0.1) is 12.7 Å². The molecule has 0 spiro atoms. The van der Waals surface area contributed by atoms with Crippen molar-refractivity contribution in [2.24, 2.45) is 5.73 Å². The second kappa shape index (κ2) is 6.21. The highest BCUT2D eigenvalue weighted by Gasteiger charge is 2.24. The summed E-state index contributed by atoms with van der Waals surface area (Å²) in [7, 11) is 0. The van der Waals surface area contributed by atoms with E-state index < -0.39 is 5.91 Å². The number of aromatic hydroxyl groups is 1. The monoisotopic (exact) mass is 362 g/mol. The van der Waals surface area contributed by atoms with Gasteiger partial charge in [-0.1, -0.05) is 12.1 Å². The zero-order valence-corrected chi connectivity index (χ0v) is 14.3. The minimum atomic E-state index is -0.660. The summed E-state index contributed by atoms with van der Waals surface area (Å²) < 4.78 is 13.4. The van der Waals surface area contributed by atoms with Gasteiger partial charge < -0.3 is 10.8 Å². The van der Waals surface area contributed by atoms with Gasteiger partial charge in [0.1, 0.15) is 11.6 Å². The quantitative estimate of drug-likeness (QED) is 0.518. The number of nitrogens with one attached hydrogen (secondary N) is 1. The van der Waals surface area contributed by atoms with E-state index in [1.807, 2.05) is 6.92 Å². The molecule has 0 aliphatic heterocycles. The number of carbonyl (C=O) groups is 1. The average Bonchev–Trinajstić information content (AvgIpc) is 3.02. The van der Waals surface area contributed by atoms with Crippen LogP contribution >= 0.6 is 0 Å². The van der Waals surface area contributed by atoms with E-state index in [0.717, 1.165) is 5.69 Å². The summed E-state index contributed by atoms with van der Waals surface area (Å²) in [4.78, 5) is 17.0. The number of halogens is 1. The molecule has 0 bridgehead atoms. The van der Waals surface area contributed by atoms with Crippen LogP contribution in [0.1, 0.15) is 16.1 Å². The van der Waals surface area contributed by atoms with Gasteiger partial charge in [-0.25, -0.2) is 9.37 Å². The number of fused-ring (bicyclic) bond motifs is 1. The first kappa shape index (κ1) is 16.7. The lowest BCUT2D eigenvalue weighted by atomic mass is 9.92. The third kappa shape index (κ3) is 2.79. The molecule has 0 radical (unpaired) electrons. The zero-order valence-electron chi connectivity index (χ0n) is 14.3. The molecule has 7 heteroatoms. The van der Waals surface area contributed by atoms with Crippen molar-refractivity contribution in [1.29, 1.82) is 0 Å². The fourth-order valence-electron chi connectivity index (χ4n) is 3.18. The van der Waals surface area contributed by atoms with Crippen molar-refractivity contribution in [3.05, 3.63) is 65.6 Å². The predicted molar refractivity (Wildman–Crippen MR) is 99.6 cm³/mol. The van der Waals surface area contributed by atoms with E-state index in [4.69, 9.17) is 5.73 Å². The molecule has 4 aromatic rings. The van der Waals surface area contributed by atoms with Crippen LogP contribution in [0.15, 0.2) is 48.5 Å². The lowest BCUT2D eigenvalue weighted by Gasteiger charge is -2.14. The molecule has 2 aromatic carbocycles. The second-order valence-electron chi connectivity index (χ2n) is 6.18. The molecule has 0 aliphatic carbocycles. The molecule has 2 heterocycles. The molecule has 4 N–H and O–H groups in total. The number of carbonyl (C=O) groups excluding carboxylic acids is 1. The van der Waals surface area contributed by atoms with Crippen LogP contribution < -0.4 is 5.73 Å². The molecule has 134 valence electrons. The van der Waals surface area contributed by atoms with Gasteiger partial charge in [0.25, 0.3) is 5.91 Å². The van der Waals surface area contributed by atoms with Crippen molar-refractivity contribution < 1.29 is 14.3 Å². The van der Waals surface area contributed by atoms with Gasteiger partial charge in [0.05, 0.1) is 16.6 Å². The van der Waals surface area contributed by atoms with Crippen LogP contribution in [0.2, 0.25) is 0 Å². The topological polar surface area (TPSA) is 105 Å². The van der Waals surface area contributed by atoms with E-state index in [2.05, 4.69) is 15.2 Å². The number of phenolic OH excluding ortho intramolecular Hbond substituents is 1. The van der Waals surface area contributed by atoms with Gasteiger partial charge in [0, 0.05) is 16.8 Å². The number of aromatic nitrogens is 3. The SMILES string of the molecule is Cc1[nH]nc2nc(-c3ccc(O)cc3)c(C(N)=O)c(-c3ccc(F)cc3)c12. The van der Waals surface area contributed by atoms with E-state index in [1.165, 1.54) is 24.3 Å². The number of phenols is 1. The standard InChI is InChI=1S/C20H15FN4O2/c1-10-15-16(11-2-6-13(21)7-3-11)17(19(22)27)18(23-20(15)25-24-10)12-4-8-14(26)9-5-12/h2-9,26H,1H3,(H2,22,27)(H,23,24,25). The molecule has 0 aliphatic rings. The Bertz CT molecular complexity index is 1170. The average molecular weight is 362 g/mol. The molecule has 4 rings (SSSR count). The van der Waals surface area contributed by atoms with Gasteiger partial charge in [-0.3, -0.25) is 9.89 Å². The first-order valence-electron chi connectivity index (χ1n) is 8.19. The fraction of sp³-hybridized carbons (Fsp3) is 0.0500. The number of benzene rings is 2. The lowest BCUT2D eigenvalue weighted by Crippen LogP contribution is -2.15. The number of H-pyrrole nitrogens is 1. The van der Waals surface area contributed by atoms with Gasteiger partial charge in [-0.2, -0.15) is 5.10 Å². The third-order valence-corrected chi connectivity index (χ3v) is 4.40. The number of pyridine rings is 1. The highest BCUT2D eigenvalue weighted by atomic mass is 19.1. The van der Waals surface area contributed by atoms with Crippen LogP contribution in [-0.2, 0) is 0 Å². The Labute approximate surface area is 153 Å². The maximum absolute atomic E-state index is 13.4. The molecular weight excluding hydrogens is 347 g/mol. The van der Waals surface area contributed by atoms with Crippen LogP contribution in [-0.4, -0.2) is 26.2 Å². The summed E-state index contributed by atoms with van der Waals surface area (Å²) in [6.45, 7) is 1.81. The first-order chi connectivity index (χ1) is 13.0. The predicted octanol–water partition coefficient (Wildman–Crippen LogP) is 3.54. The molecule has 0 unspecified atom stereocenters. The Morgan fingerprint density at radius 3 is 2.33 bits per heavy atom. The van der Waals surface area contributed by atoms with Gasteiger partial charge in [0.15, 0.2) is 5.65 Å². The molecule has 27 heavy (non-hydrogen) atoms. The number of primary amides is 1. The summed E-state index contributed by atoms with van der Waals surface area (Å²) in [5, 5.41) is 17.3. The number of rotatable bonds is 3. The minimum Gasteiger partial charge on any atom is -0.508 e. The summed E-state index contributed by atoms with van der Waals surface area (Å²) in [5.74, 6) is -0.949. The van der Waals surface area contributed by atoms with Gasteiger partial charge >= 0.3 is 0 Å². The summed E-state index contributed by atoms with van der Waals surface area (Å²) in [6, 6.07) is 12.1. The highest BCUT2D eigenvalue weighted by Crippen LogP contribution is 2.37. The molecule has 6 nitrogen and oxygen atoms in total. The summed E-state index contributed by atoms with van der Waals surface area (Å²) in [6.07, 6.45) is 0. The Hall–Kier alpha value is -3.74. The van der Waals surface area contributed by atoms with Crippen molar-refractivity contribution in [1.82, 2.24) is 15.2 Å². The van der Waals surface area contributed by atoms with E-state index >= 15 is 0 Å². The van der Waals surface area contributed by atoms with Crippen LogP contribution in [0.3, 0.4) is 0 Å². The number of hydrogen-bond donors (Lipinski definition) is 3. The normalized spacial score (nSPS) is 11.0. The molecule has 0 saturated heterocycles. The maximum Gasteiger partial charge on any atom is 0.251 e. The Morgan fingerprint density at radius 1 is 1.07 bits per heavy atom. The smallest absolute Gasteiger partial charge is 0.251 e. The second-order valence-corrected chi connectivity index (χ2v) is 6.18. The van der Waals surface area contributed by atoms with Crippen molar-refractivity contribution in [3.8, 4) is 28.1 Å². The molecule has 0 atom stereocenters. The molecule has 2 aromatic heterocycles. The number of nitrogens with two attached hydrogens (primary N) is 1. The van der Waals surface area contributed by atoms with Crippen molar-refractivity contribution >= 4 is 16.9 Å². The van der Waals surface area contributed by atoms with E-state index in [0.29, 0.717) is 33.4 Å². The van der Waals surface area contributed by atoms with Crippen molar-refractivity contribution in [2.45, 2.75) is 6.92 Å². The molecule has 0 fully saturated rings. The van der Waals surface area contributed by atoms with Crippen molar-refractivity contribution in [3.63, 3.8) is 0 Å². The fourth-order valence-corrected chi connectivity index (χ4v) is 3.18. The van der Waals surface area contributed by atoms with E-state index in [-0.39, 0.29) is 17.1 Å². The number of aromatic amines is 1. The Kier molecular flexibility index (Phi) is 3.84. The Morgan fingerprint density at radius 2 is 1.70 bits per heavy atom. The first-order valence-corrected chi connectivity index (χ1v) is 8.19. The number of hydrogen-bond acceptors (Lipinski definition) is 4. The van der Waals surface area contributed by atoms with Gasteiger partial charge in [-0.15, -0.1) is 0 Å². The number of aryl methyl sites for hydroxylation is 1. The van der Waals surface area contributed by atoms with Gasteiger partial charge in [0.2, 0.25) is 0 Å². The zero-order chi connectivity index (χ0) is 19.1.